The van der Waals surface area contributed by atoms with Crippen molar-refractivity contribution in [2.75, 3.05) is 19.6 Å². The van der Waals surface area contributed by atoms with Gasteiger partial charge in [0.25, 0.3) is 5.91 Å². The Morgan fingerprint density at radius 2 is 1.52 bits per heavy atom. The predicted octanol–water partition coefficient (Wildman–Crippen LogP) is 3.86. The molecule has 5 atom stereocenters. The van der Waals surface area contributed by atoms with Crippen molar-refractivity contribution in [2.45, 2.75) is 96.6 Å². The van der Waals surface area contributed by atoms with E-state index in [1.165, 1.54) is 15.3 Å². The van der Waals surface area contributed by atoms with Gasteiger partial charge in [0.05, 0.1) is 6.54 Å². The molecule has 0 aromatic heterocycles. The van der Waals surface area contributed by atoms with E-state index in [-0.39, 0.29) is 19.4 Å². The van der Waals surface area contributed by atoms with Gasteiger partial charge in [-0.1, -0.05) is 80.5 Å². The molecule has 2 saturated heterocycles. The van der Waals surface area contributed by atoms with E-state index in [1.807, 2.05) is 48.5 Å². The van der Waals surface area contributed by atoms with Crippen LogP contribution in [0.2, 0.25) is 0 Å². The van der Waals surface area contributed by atoms with Crippen molar-refractivity contribution in [1.29, 1.82) is 0 Å². The molecule has 4 amide bonds. The molecule has 2 heterocycles. The first-order valence-electron chi connectivity index (χ1n) is 18.3. The first-order valence-corrected chi connectivity index (χ1v) is 19.8. The van der Waals surface area contributed by atoms with Crippen molar-refractivity contribution >= 4 is 39.7 Å². The maximum absolute atomic E-state index is 14.5. The lowest BCUT2D eigenvalue weighted by molar-refractivity contribution is -0.143. The van der Waals surface area contributed by atoms with Gasteiger partial charge in [-0.3, -0.25) is 14.4 Å². The highest BCUT2D eigenvalue weighted by Gasteiger charge is 2.62. The summed E-state index contributed by atoms with van der Waals surface area (Å²) in [6.45, 7) is 14.8. The number of hydrogen-bond acceptors (Lipinski definition) is 9. The third-order valence-corrected chi connectivity index (χ3v) is 11.7. The van der Waals surface area contributed by atoms with Crippen LogP contribution in [0.25, 0.3) is 11.1 Å². The summed E-state index contributed by atoms with van der Waals surface area (Å²) in [5.41, 5.74) is 1.17. The van der Waals surface area contributed by atoms with Gasteiger partial charge < -0.3 is 25.1 Å². The Hall–Kier alpha value is -4.76. The fourth-order valence-electron chi connectivity index (χ4n) is 7.36. The number of ether oxygens (including phenoxy) is 1. The van der Waals surface area contributed by atoms with Gasteiger partial charge >= 0.3 is 16.3 Å². The Labute approximate surface area is 316 Å². The fraction of sp³-hybridized carbons (Fsp3) is 0.513. The van der Waals surface area contributed by atoms with Crippen LogP contribution in [0.1, 0.15) is 78.4 Å². The first-order chi connectivity index (χ1) is 25.3. The predicted molar refractivity (Wildman–Crippen MR) is 202 cm³/mol. The monoisotopic (exact) mass is 762 g/mol. The van der Waals surface area contributed by atoms with Crippen molar-refractivity contribution in [1.82, 2.24) is 24.6 Å². The highest BCUT2D eigenvalue weighted by molar-refractivity contribution is 7.87. The standard InChI is InChI=1S/C39H50N6O8S/c1-8-24-22-39(24,35(48)43-54(50,51)44-19-13-14-20-44)41-33(46)30-21-25(23-45(30)34(47)32(37(2,3)4)40-36(49)52-38(5,6)7)53-42-31-28-17-11-9-15-26(28)27-16-10-12-18-29(27)31/h8-12,15-18,24-25,30,32H,1,13-14,19-23H2,2-7H3,(H,40,49)(H,41,46)(H,43,48)/t24-,25-,30+,32-,39+/m1/s1. The quantitative estimate of drug-likeness (QED) is 0.206. The van der Waals surface area contributed by atoms with Crippen molar-refractivity contribution in [3.8, 4) is 11.1 Å². The lowest BCUT2D eigenvalue weighted by Gasteiger charge is -2.36. The molecule has 14 nitrogen and oxygen atoms in total. The first kappa shape index (κ1) is 38.9. The molecule has 4 aliphatic rings. The summed E-state index contributed by atoms with van der Waals surface area (Å²) in [6, 6.07) is 13.4. The maximum Gasteiger partial charge on any atom is 0.408 e. The SMILES string of the molecule is C=C[C@@H]1C[C@@]1(NC(=O)[C@@H]1C[C@@H](ON=C2c3ccccc3-c3ccccc32)CN1C(=O)[C@@H](NC(=O)OC(C)(C)C)C(C)(C)C)C(=O)NS(=O)(=O)N1CCCC1. The minimum Gasteiger partial charge on any atom is -0.444 e. The van der Waals surface area contributed by atoms with E-state index in [1.54, 1.807) is 41.5 Å². The van der Waals surface area contributed by atoms with Crippen LogP contribution in [-0.2, 0) is 34.2 Å². The number of nitrogens with zero attached hydrogens (tertiary/aromatic N) is 3. The Kier molecular flexibility index (Phi) is 10.4. The molecule has 2 aromatic rings. The molecule has 0 unspecified atom stereocenters. The second-order valence-electron chi connectivity index (χ2n) is 16.5. The zero-order chi connectivity index (χ0) is 39.2. The van der Waals surface area contributed by atoms with E-state index in [0.29, 0.717) is 31.6 Å². The highest BCUT2D eigenvalue weighted by Crippen LogP contribution is 2.45. The number of carbonyl (C=O) groups excluding carboxylic acids is 4. The van der Waals surface area contributed by atoms with E-state index in [9.17, 15) is 27.6 Å². The molecule has 6 rings (SSSR count). The minimum atomic E-state index is -4.14. The van der Waals surface area contributed by atoms with E-state index >= 15 is 0 Å². The second-order valence-corrected chi connectivity index (χ2v) is 18.2. The van der Waals surface area contributed by atoms with Gasteiger partial charge in [0.1, 0.15) is 35.0 Å². The largest absolute Gasteiger partial charge is 0.444 e. The number of hydrogen-bond donors (Lipinski definition) is 3. The second kappa shape index (κ2) is 14.5. The van der Waals surface area contributed by atoms with Crippen LogP contribution in [0.3, 0.4) is 0 Å². The summed E-state index contributed by atoms with van der Waals surface area (Å²) >= 11 is 0. The number of alkyl carbamates (subject to hydrolysis) is 1. The Bertz CT molecular complexity index is 1930. The average Bonchev–Trinajstić information content (AvgIpc) is 3.47. The third-order valence-electron chi connectivity index (χ3n) is 10.2. The maximum atomic E-state index is 14.5. The van der Waals surface area contributed by atoms with Crippen molar-refractivity contribution < 1.29 is 37.2 Å². The molecule has 54 heavy (non-hydrogen) atoms. The van der Waals surface area contributed by atoms with Crippen LogP contribution in [0.15, 0.2) is 66.3 Å². The van der Waals surface area contributed by atoms with Crippen LogP contribution >= 0.6 is 0 Å². The lowest BCUT2D eigenvalue weighted by atomic mass is 9.85. The van der Waals surface area contributed by atoms with E-state index in [2.05, 4.69) is 27.1 Å². The number of amides is 4. The Morgan fingerprint density at radius 1 is 0.944 bits per heavy atom. The van der Waals surface area contributed by atoms with Gasteiger partial charge in [0.2, 0.25) is 11.8 Å². The molecule has 15 heteroatoms. The smallest absolute Gasteiger partial charge is 0.408 e. The molecule has 2 aromatic carbocycles. The molecular weight excluding hydrogens is 713 g/mol. The Balaban J connectivity index is 1.28. The number of carbonyl (C=O) groups is 4. The third kappa shape index (κ3) is 7.88. The van der Waals surface area contributed by atoms with Crippen molar-refractivity contribution in [2.24, 2.45) is 16.5 Å². The molecule has 1 saturated carbocycles. The zero-order valence-electron chi connectivity index (χ0n) is 31.7. The van der Waals surface area contributed by atoms with Crippen LogP contribution in [0, 0.1) is 11.3 Å². The molecule has 0 spiro atoms. The summed E-state index contributed by atoms with van der Waals surface area (Å²) in [4.78, 5) is 63.0. The van der Waals surface area contributed by atoms with Gasteiger partial charge in [-0.15, -0.1) is 6.58 Å². The van der Waals surface area contributed by atoms with Crippen LogP contribution in [0.5, 0.6) is 0 Å². The molecule has 290 valence electrons. The summed E-state index contributed by atoms with van der Waals surface area (Å²) < 4.78 is 34.9. The van der Waals surface area contributed by atoms with Gasteiger partial charge in [-0.2, -0.15) is 12.7 Å². The van der Waals surface area contributed by atoms with Crippen LogP contribution in [0.4, 0.5) is 4.79 Å². The summed E-state index contributed by atoms with van der Waals surface area (Å²) in [5.74, 6) is -2.66. The summed E-state index contributed by atoms with van der Waals surface area (Å²) in [6.07, 6.45) is 1.45. The van der Waals surface area contributed by atoms with Crippen LogP contribution in [-0.4, -0.2) is 96.1 Å². The molecule has 2 aliphatic carbocycles. The number of rotatable bonds is 10. The van der Waals surface area contributed by atoms with Crippen molar-refractivity contribution in [3.05, 3.63) is 72.3 Å². The zero-order valence-corrected chi connectivity index (χ0v) is 32.5. The number of oxime groups is 1. The molecule has 0 bridgehead atoms. The molecule has 3 N–H and O–H groups in total. The van der Waals surface area contributed by atoms with Gasteiger partial charge in [0, 0.05) is 36.6 Å². The topological polar surface area (TPSA) is 176 Å². The highest BCUT2D eigenvalue weighted by atomic mass is 32.2. The molecule has 2 aliphatic heterocycles. The molecule has 0 radical (unpaired) electrons. The van der Waals surface area contributed by atoms with Gasteiger partial charge in [0.15, 0.2) is 0 Å². The summed E-state index contributed by atoms with van der Waals surface area (Å²) in [5, 5.41) is 10.1. The minimum absolute atomic E-state index is 0.00345. The number of fused-ring (bicyclic) bond motifs is 3. The lowest BCUT2D eigenvalue weighted by Crippen LogP contribution is -2.60. The molecular formula is C39H50N6O8S. The normalized spacial score (nSPS) is 24.1. The van der Waals surface area contributed by atoms with E-state index < -0.39 is 74.7 Å². The number of likely N-dealkylation sites (tertiary alicyclic amines) is 1. The van der Waals surface area contributed by atoms with Crippen LogP contribution < -0.4 is 15.4 Å². The van der Waals surface area contributed by atoms with E-state index in [4.69, 9.17) is 9.57 Å². The van der Waals surface area contributed by atoms with Gasteiger partial charge in [-0.05, 0) is 56.6 Å². The van der Waals surface area contributed by atoms with E-state index in [0.717, 1.165) is 22.3 Å². The number of nitrogens with one attached hydrogen (secondary N) is 3. The number of benzene rings is 2. The van der Waals surface area contributed by atoms with Gasteiger partial charge in [-0.25, -0.2) is 9.52 Å². The Morgan fingerprint density at radius 3 is 2.04 bits per heavy atom. The average molecular weight is 763 g/mol. The molecule has 3 fully saturated rings. The summed E-state index contributed by atoms with van der Waals surface area (Å²) in [7, 11) is -4.14. The van der Waals surface area contributed by atoms with Crippen molar-refractivity contribution in [3.63, 3.8) is 0 Å². The fourth-order valence-corrected chi connectivity index (χ4v) is 8.65.